The molecule has 1 saturated heterocycles. The molecule has 1 atom stereocenters. The molecule has 1 fully saturated rings. The SMILES string of the molecule is O=C(O)CC1SC(=NN=Cc2cc(Cl)cc(Cl)c2Cl)NC1=O. The van der Waals surface area contributed by atoms with Gasteiger partial charge in [0.15, 0.2) is 5.17 Å². The Bertz CT molecular complexity index is 694. The molecule has 1 amide bonds. The standard InChI is InChI=1S/C12H8Cl3N3O3S/c13-6-1-5(10(15)7(14)2-6)4-16-18-12-17-11(21)8(22-12)3-9(19)20/h1-2,4,8H,3H2,(H,19,20)(H,17,18,21). The molecule has 1 unspecified atom stereocenters. The van der Waals surface area contributed by atoms with Gasteiger partial charge in [0.2, 0.25) is 5.91 Å². The fourth-order valence-corrected chi connectivity index (χ4v) is 3.14. The number of carbonyl (C=O) groups is 2. The lowest BCUT2D eigenvalue weighted by atomic mass is 10.2. The van der Waals surface area contributed by atoms with E-state index in [9.17, 15) is 9.59 Å². The van der Waals surface area contributed by atoms with Crippen molar-refractivity contribution in [3.8, 4) is 0 Å². The number of rotatable bonds is 4. The minimum Gasteiger partial charge on any atom is -0.481 e. The topological polar surface area (TPSA) is 91.1 Å². The first kappa shape index (κ1) is 17.1. The molecule has 1 aromatic carbocycles. The number of carboxylic acid groups (broad SMARTS) is 1. The zero-order valence-electron chi connectivity index (χ0n) is 10.7. The average Bonchev–Trinajstić information content (AvgIpc) is 2.75. The van der Waals surface area contributed by atoms with Crippen molar-refractivity contribution < 1.29 is 14.7 Å². The van der Waals surface area contributed by atoms with Crippen LogP contribution >= 0.6 is 46.6 Å². The average molecular weight is 381 g/mol. The van der Waals surface area contributed by atoms with Crippen LogP contribution in [0.3, 0.4) is 0 Å². The second-order valence-corrected chi connectivity index (χ2v) is 6.55. The summed E-state index contributed by atoms with van der Waals surface area (Å²) in [6.45, 7) is 0. The molecular weight excluding hydrogens is 373 g/mol. The van der Waals surface area contributed by atoms with Crippen LogP contribution in [0.5, 0.6) is 0 Å². The highest BCUT2D eigenvalue weighted by molar-refractivity contribution is 8.15. The number of aliphatic carboxylic acids is 1. The number of hydrogen-bond acceptors (Lipinski definition) is 5. The summed E-state index contributed by atoms with van der Waals surface area (Å²) in [5.74, 6) is -1.47. The van der Waals surface area contributed by atoms with Crippen molar-refractivity contribution in [2.45, 2.75) is 11.7 Å². The van der Waals surface area contributed by atoms with E-state index in [4.69, 9.17) is 39.9 Å². The molecule has 1 aromatic rings. The van der Waals surface area contributed by atoms with Crippen molar-refractivity contribution in [1.82, 2.24) is 5.32 Å². The summed E-state index contributed by atoms with van der Waals surface area (Å²) in [6.07, 6.45) is 1.05. The molecule has 2 rings (SSSR count). The first-order valence-electron chi connectivity index (χ1n) is 5.81. The fraction of sp³-hybridized carbons (Fsp3) is 0.167. The fourth-order valence-electron chi connectivity index (χ4n) is 1.56. The Morgan fingerprint density at radius 1 is 1.41 bits per heavy atom. The van der Waals surface area contributed by atoms with E-state index in [-0.39, 0.29) is 21.6 Å². The molecular formula is C12H8Cl3N3O3S. The maximum Gasteiger partial charge on any atom is 0.305 e. The van der Waals surface area contributed by atoms with Crippen LogP contribution in [0.25, 0.3) is 0 Å². The van der Waals surface area contributed by atoms with E-state index in [0.717, 1.165) is 11.8 Å². The highest BCUT2D eigenvalue weighted by Crippen LogP contribution is 2.29. The van der Waals surface area contributed by atoms with Crippen LogP contribution in [0.2, 0.25) is 15.1 Å². The first-order valence-corrected chi connectivity index (χ1v) is 7.83. The summed E-state index contributed by atoms with van der Waals surface area (Å²) in [7, 11) is 0. The number of amidine groups is 1. The normalized spacial score (nSPS) is 19.9. The Kier molecular flexibility index (Phi) is 5.69. The van der Waals surface area contributed by atoms with Gasteiger partial charge < -0.3 is 10.4 Å². The number of benzene rings is 1. The van der Waals surface area contributed by atoms with Gasteiger partial charge in [-0.2, -0.15) is 5.10 Å². The maximum absolute atomic E-state index is 11.5. The Morgan fingerprint density at radius 3 is 2.82 bits per heavy atom. The van der Waals surface area contributed by atoms with Crippen molar-refractivity contribution in [1.29, 1.82) is 0 Å². The lowest BCUT2D eigenvalue weighted by Crippen LogP contribution is -2.26. The highest BCUT2D eigenvalue weighted by Gasteiger charge is 2.32. The van der Waals surface area contributed by atoms with Crippen molar-refractivity contribution in [2.75, 3.05) is 0 Å². The number of carboxylic acids is 1. The number of halogens is 3. The van der Waals surface area contributed by atoms with E-state index in [0.29, 0.717) is 10.6 Å². The third-order valence-corrected chi connectivity index (χ3v) is 4.61. The van der Waals surface area contributed by atoms with Crippen LogP contribution in [-0.2, 0) is 9.59 Å². The number of nitrogens with one attached hydrogen (secondary N) is 1. The van der Waals surface area contributed by atoms with Crippen molar-refractivity contribution in [3.05, 3.63) is 32.8 Å². The van der Waals surface area contributed by atoms with Crippen molar-refractivity contribution >= 4 is 69.8 Å². The van der Waals surface area contributed by atoms with E-state index >= 15 is 0 Å². The lowest BCUT2D eigenvalue weighted by Gasteiger charge is -2.00. The van der Waals surface area contributed by atoms with Gasteiger partial charge in [-0.1, -0.05) is 46.6 Å². The number of nitrogens with zero attached hydrogens (tertiary/aromatic N) is 2. The molecule has 0 radical (unpaired) electrons. The summed E-state index contributed by atoms with van der Waals surface area (Å²) in [4.78, 5) is 22.1. The summed E-state index contributed by atoms with van der Waals surface area (Å²) < 4.78 is 0. The van der Waals surface area contributed by atoms with Crippen LogP contribution in [0.1, 0.15) is 12.0 Å². The van der Waals surface area contributed by atoms with Crippen molar-refractivity contribution in [2.24, 2.45) is 10.2 Å². The molecule has 2 N–H and O–H groups in total. The first-order chi connectivity index (χ1) is 10.4. The number of carbonyl (C=O) groups excluding carboxylic acids is 1. The summed E-state index contributed by atoms with van der Waals surface area (Å²) >= 11 is 18.7. The number of hydrogen-bond donors (Lipinski definition) is 2. The van der Waals surface area contributed by atoms with Gasteiger partial charge in [-0.05, 0) is 12.1 Å². The predicted molar refractivity (Wildman–Crippen MR) is 88.3 cm³/mol. The third-order valence-electron chi connectivity index (χ3n) is 2.50. The second-order valence-electron chi connectivity index (χ2n) is 4.13. The van der Waals surface area contributed by atoms with Gasteiger partial charge in [-0.25, -0.2) is 0 Å². The lowest BCUT2D eigenvalue weighted by molar-refractivity contribution is -0.138. The molecule has 1 aliphatic rings. The van der Waals surface area contributed by atoms with E-state index in [2.05, 4.69) is 15.5 Å². The second kappa shape index (κ2) is 7.32. The Labute approximate surface area is 144 Å². The Hall–Kier alpha value is -1.28. The smallest absolute Gasteiger partial charge is 0.305 e. The van der Waals surface area contributed by atoms with E-state index in [1.54, 1.807) is 6.07 Å². The minimum absolute atomic E-state index is 0.219. The van der Waals surface area contributed by atoms with Gasteiger partial charge in [-0.3, -0.25) is 9.59 Å². The summed E-state index contributed by atoms with van der Waals surface area (Å²) in [5.41, 5.74) is 0.472. The van der Waals surface area contributed by atoms with Crippen LogP contribution < -0.4 is 5.32 Å². The largest absolute Gasteiger partial charge is 0.481 e. The highest BCUT2D eigenvalue weighted by atomic mass is 35.5. The van der Waals surface area contributed by atoms with Gasteiger partial charge in [0.05, 0.1) is 22.7 Å². The predicted octanol–water partition coefficient (Wildman–Crippen LogP) is 3.04. The number of amides is 1. The van der Waals surface area contributed by atoms with Gasteiger partial charge >= 0.3 is 5.97 Å². The van der Waals surface area contributed by atoms with E-state index in [1.165, 1.54) is 12.3 Å². The van der Waals surface area contributed by atoms with E-state index < -0.39 is 17.1 Å². The molecule has 0 aliphatic carbocycles. The monoisotopic (exact) mass is 379 g/mol. The minimum atomic E-state index is -1.06. The quantitative estimate of drug-likeness (QED) is 0.477. The molecule has 0 aromatic heterocycles. The van der Waals surface area contributed by atoms with Gasteiger partial charge in [-0.15, -0.1) is 5.10 Å². The van der Waals surface area contributed by atoms with Gasteiger partial charge in [0.1, 0.15) is 5.25 Å². The molecule has 6 nitrogen and oxygen atoms in total. The molecule has 116 valence electrons. The summed E-state index contributed by atoms with van der Waals surface area (Å²) in [6, 6.07) is 3.06. The van der Waals surface area contributed by atoms with Crippen LogP contribution in [-0.4, -0.2) is 33.6 Å². The Balaban J connectivity index is 2.09. The zero-order valence-corrected chi connectivity index (χ0v) is 13.8. The molecule has 0 bridgehead atoms. The Morgan fingerprint density at radius 2 is 2.14 bits per heavy atom. The maximum atomic E-state index is 11.5. The molecule has 0 spiro atoms. The zero-order chi connectivity index (χ0) is 16.3. The van der Waals surface area contributed by atoms with Crippen molar-refractivity contribution in [3.63, 3.8) is 0 Å². The molecule has 22 heavy (non-hydrogen) atoms. The van der Waals surface area contributed by atoms with Crippen LogP contribution in [0.4, 0.5) is 0 Å². The molecule has 10 heteroatoms. The third kappa shape index (κ3) is 4.36. The number of thioether (sulfide) groups is 1. The summed E-state index contributed by atoms with van der Waals surface area (Å²) in [5, 5.41) is 19.2. The van der Waals surface area contributed by atoms with Gasteiger partial charge in [0.25, 0.3) is 0 Å². The van der Waals surface area contributed by atoms with Crippen LogP contribution in [0.15, 0.2) is 22.3 Å². The molecule has 1 heterocycles. The van der Waals surface area contributed by atoms with E-state index in [1.807, 2.05) is 0 Å². The van der Waals surface area contributed by atoms with Crippen LogP contribution in [0, 0.1) is 0 Å². The molecule has 1 aliphatic heterocycles. The molecule has 0 saturated carbocycles. The van der Waals surface area contributed by atoms with Gasteiger partial charge in [0, 0.05) is 10.6 Å².